The molecule has 0 saturated carbocycles. The molecule has 1 saturated heterocycles. The molecule has 0 spiro atoms. The van der Waals surface area contributed by atoms with Crippen LogP contribution in [0.3, 0.4) is 0 Å². The standard InChI is InChI=1S/C12H12F2N2O4/c13-8-3-4-9(16(19)20)11(14)10(8)12(18)15-5-1-2-7(15)6-17/h3-4,7,17H,1-2,5-6H2/t7-/m1/s1. The van der Waals surface area contributed by atoms with Gasteiger partial charge in [-0.3, -0.25) is 14.9 Å². The van der Waals surface area contributed by atoms with E-state index in [1.54, 1.807) is 0 Å². The molecule has 0 unspecified atom stereocenters. The normalized spacial score (nSPS) is 18.4. The molecule has 6 nitrogen and oxygen atoms in total. The van der Waals surface area contributed by atoms with Crippen molar-refractivity contribution in [2.75, 3.05) is 13.2 Å². The molecular weight excluding hydrogens is 274 g/mol. The Bertz CT molecular complexity index is 565. The molecule has 108 valence electrons. The van der Waals surface area contributed by atoms with E-state index < -0.39 is 39.8 Å². The third-order valence-electron chi connectivity index (χ3n) is 3.33. The van der Waals surface area contributed by atoms with Crippen LogP contribution >= 0.6 is 0 Å². The van der Waals surface area contributed by atoms with Crippen molar-refractivity contribution >= 4 is 11.6 Å². The second-order valence-electron chi connectivity index (χ2n) is 4.49. The van der Waals surface area contributed by atoms with Crippen LogP contribution in [0.5, 0.6) is 0 Å². The number of hydrogen-bond acceptors (Lipinski definition) is 4. The predicted octanol–water partition coefficient (Wildman–Crippen LogP) is 1.47. The molecule has 1 fully saturated rings. The van der Waals surface area contributed by atoms with Gasteiger partial charge in [0.25, 0.3) is 5.91 Å². The summed E-state index contributed by atoms with van der Waals surface area (Å²) in [7, 11) is 0. The van der Waals surface area contributed by atoms with Crippen molar-refractivity contribution < 1.29 is 23.6 Å². The third kappa shape index (κ3) is 2.34. The zero-order valence-electron chi connectivity index (χ0n) is 10.4. The highest BCUT2D eigenvalue weighted by Crippen LogP contribution is 2.27. The van der Waals surface area contributed by atoms with Crippen molar-refractivity contribution in [1.29, 1.82) is 0 Å². The van der Waals surface area contributed by atoms with Crippen LogP contribution in [0.4, 0.5) is 14.5 Å². The highest BCUT2D eigenvalue weighted by atomic mass is 19.1. The number of nitro groups is 1. The summed E-state index contributed by atoms with van der Waals surface area (Å²) >= 11 is 0. The highest BCUT2D eigenvalue weighted by Gasteiger charge is 2.34. The van der Waals surface area contributed by atoms with Crippen molar-refractivity contribution in [2.45, 2.75) is 18.9 Å². The van der Waals surface area contributed by atoms with E-state index in [-0.39, 0.29) is 13.2 Å². The molecular formula is C12H12F2N2O4. The summed E-state index contributed by atoms with van der Waals surface area (Å²) < 4.78 is 27.6. The van der Waals surface area contributed by atoms with Gasteiger partial charge in [0.2, 0.25) is 5.82 Å². The van der Waals surface area contributed by atoms with Gasteiger partial charge in [0.1, 0.15) is 11.4 Å². The van der Waals surface area contributed by atoms with Gasteiger partial charge in [-0.05, 0) is 18.9 Å². The lowest BCUT2D eigenvalue weighted by atomic mass is 10.1. The molecule has 1 heterocycles. The SMILES string of the molecule is O=C(c1c(F)ccc([N+](=O)[O-])c1F)N1CCC[C@@H]1CO. The van der Waals surface area contributed by atoms with Crippen LogP contribution in [0.25, 0.3) is 0 Å². The first kappa shape index (κ1) is 14.3. The van der Waals surface area contributed by atoms with Gasteiger partial charge in [-0.25, -0.2) is 4.39 Å². The van der Waals surface area contributed by atoms with E-state index in [2.05, 4.69) is 0 Å². The minimum absolute atomic E-state index is 0.256. The Balaban J connectivity index is 2.44. The second kappa shape index (κ2) is 5.49. The molecule has 1 aliphatic heterocycles. The number of hydrogen-bond donors (Lipinski definition) is 1. The Labute approximate surface area is 112 Å². The average Bonchev–Trinajstić information content (AvgIpc) is 2.86. The first-order valence-electron chi connectivity index (χ1n) is 6.01. The summed E-state index contributed by atoms with van der Waals surface area (Å²) in [6.45, 7) is -0.0600. The second-order valence-corrected chi connectivity index (χ2v) is 4.49. The number of benzene rings is 1. The molecule has 2 rings (SSSR count). The molecule has 1 aliphatic rings. The summed E-state index contributed by atoms with van der Waals surface area (Å²) in [6.07, 6.45) is 1.13. The van der Waals surface area contributed by atoms with Gasteiger partial charge in [-0.15, -0.1) is 0 Å². The number of aliphatic hydroxyl groups excluding tert-OH is 1. The van der Waals surface area contributed by atoms with Gasteiger partial charge in [0.05, 0.1) is 17.6 Å². The molecule has 1 atom stereocenters. The topological polar surface area (TPSA) is 83.7 Å². The minimum Gasteiger partial charge on any atom is -0.394 e. The van der Waals surface area contributed by atoms with Gasteiger partial charge in [-0.1, -0.05) is 0 Å². The van der Waals surface area contributed by atoms with Crippen LogP contribution in [-0.2, 0) is 0 Å². The summed E-state index contributed by atoms with van der Waals surface area (Å²) in [5, 5.41) is 19.8. The molecule has 1 aromatic rings. The number of amides is 1. The quantitative estimate of drug-likeness (QED) is 0.673. The predicted molar refractivity (Wildman–Crippen MR) is 64.2 cm³/mol. The molecule has 0 radical (unpaired) electrons. The summed E-state index contributed by atoms with van der Waals surface area (Å²) in [6, 6.07) is 0.855. The number of nitrogens with zero attached hydrogens (tertiary/aromatic N) is 2. The van der Waals surface area contributed by atoms with Crippen molar-refractivity contribution in [3.8, 4) is 0 Å². The zero-order chi connectivity index (χ0) is 14.9. The number of carbonyl (C=O) groups excluding carboxylic acids is 1. The van der Waals surface area contributed by atoms with Crippen molar-refractivity contribution in [3.63, 3.8) is 0 Å². The van der Waals surface area contributed by atoms with E-state index in [0.29, 0.717) is 25.0 Å². The summed E-state index contributed by atoms with van der Waals surface area (Å²) in [4.78, 5) is 22.9. The van der Waals surface area contributed by atoms with Gasteiger partial charge in [0.15, 0.2) is 0 Å². The fraction of sp³-hybridized carbons (Fsp3) is 0.417. The van der Waals surface area contributed by atoms with E-state index in [1.807, 2.05) is 0 Å². The number of aliphatic hydroxyl groups is 1. The van der Waals surface area contributed by atoms with Crippen LogP contribution in [0, 0.1) is 21.7 Å². The van der Waals surface area contributed by atoms with Crippen molar-refractivity contribution in [2.24, 2.45) is 0 Å². The van der Waals surface area contributed by atoms with Gasteiger partial charge >= 0.3 is 5.69 Å². The fourth-order valence-corrected chi connectivity index (χ4v) is 2.32. The molecule has 1 aromatic carbocycles. The molecule has 0 bridgehead atoms. The van der Waals surface area contributed by atoms with Crippen LogP contribution in [0.2, 0.25) is 0 Å². The van der Waals surface area contributed by atoms with Gasteiger partial charge in [-0.2, -0.15) is 4.39 Å². The Kier molecular flexibility index (Phi) is 3.93. The Morgan fingerprint density at radius 3 is 2.80 bits per heavy atom. The molecule has 0 aliphatic carbocycles. The number of carbonyl (C=O) groups is 1. The molecule has 8 heteroatoms. The largest absolute Gasteiger partial charge is 0.394 e. The van der Waals surface area contributed by atoms with Crippen LogP contribution in [0.1, 0.15) is 23.2 Å². The van der Waals surface area contributed by atoms with Crippen LogP contribution in [-0.4, -0.2) is 40.0 Å². The Hall–Kier alpha value is -2.09. The van der Waals surface area contributed by atoms with Crippen molar-refractivity contribution in [1.82, 2.24) is 4.90 Å². The van der Waals surface area contributed by atoms with Crippen molar-refractivity contribution in [3.05, 3.63) is 39.4 Å². The molecule has 0 aromatic heterocycles. The van der Waals surface area contributed by atoms with Crippen LogP contribution in [0.15, 0.2) is 12.1 Å². The maximum Gasteiger partial charge on any atom is 0.305 e. The smallest absolute Gasteiger partial charge is 0.305 e. The zero-order valence-corrected chi connectivity index (χ0v) is 10.4. The lowest BCUT2D eigenvalue weighted by Crippen LogP contribution is -2.38. The maximum absolute atomic E-state index is 13.9. The Morgan fingerprint density at radius 2 is 2.20 bits per heavy atom. The number of nitro benzene ring substituents is 1. The van der Waals surface area contributed by atoms with E-state index >= 15 is 0 Å². The summed E-state index contributed by atoms with van der Waals surface area (Å²) in [5.74, 6) is -3.61. The number of halogens is 2. The van der Waals surface area contributed by atoms with Crippen LogP contribution < -0.4 is 0 Å². The van der Waals surface area contributed by atoms with Gasteiger partial charge < -0.3 is 10.0 Å². The molecule has 1 amide bonds. The lowest BCUT2D eigenvalue weighted by molar-refractivity contribution is -0.387. The monoisotopic (exact) mass is 286 g/mol. The maximum atomic E-state index is 13.9. The lowest BCUT2D eigenvalue weighted by Gasteiger charge is -2.23. The molecule has 20 heavy (non-hydrogen) atoms. The van der Waals surface area contributed by atoms with E-state index in [0.717, 1.165) is 4.90 Å². The first-order chi connectivity index (χ1) is 9.47. The highest BCUT2D eigenvalue weighted by molar-refractivity contribution is 5.95. The number of rotatable bonds is 3. The third-order valence-corrected chi connectivity index (χ3v) is 3.33. The first-order valence-corrected chi connectivity index (χ1v) is 6.01. The van der Waals surface area contributed by atoms with E-state index in [9.17, 15) is 23.7 Å². The average molecular weight is 286 g/mol. The van der Waals surface area contributed by atoms with E-state index in [1.165, 1.54) is 0 Å². The minimum atomic E-state index is -1.48. The fourth-order valence-electron chi connectivity index (χ4n) is 2.32. The number of likely N-dealkylation sites (tertiary alicyclic amines) is 1. The van der Waals surface area contributed by atoms with Gasteiger partial charge in [0, 0.05) is 12.6 Å². The molecule has 1 N–H and O–H groups in total. The van der Waals surface area contributed by atoms with E-state index in [4.69, 9.17) is 5.11 Å². The Morgan fingerprint density at radius 1 is 1.50 bits per heavy atom. The summed E-state index contributed by atoms with van der Waals surface area (Å²) in [5.41, 5.74) is -1.89.